The normalized spacial score (nSPS) is 14.5. The van der Waals surface area contributed by atoms with E-state index in [1.807, 2.05) is 85.7 Å². The van der Waals surface area contributed by atoms with Crippen molar-refractivity contribution in [1.82, 2.24) is 4.90 Å². The van der Waals surface area contributed by atoms with E-state index in [2.05, 4.69) is 10.6 Å². The number of rotatable bonds is 9. The van der Waals surface area contributed by atoms with Crippen LogP contribution in [-0.4, -0.2) is 52.2 Å². The molecule has 4 rings (SSSR count). The van der Waals surface area contributed by atoms with Crippen LogP contribution in [0.25, 0.3) is 11.3 Å². The van der Waals surface area contributed by atoms with Crippen LogP contribution < -0.4 is 14.9 Å². The number of fused-ring (bicyclic) bond motifs is 1. The van der Waals surface area contributed by atoms with Crippen LogP contribution in [0.4, 0.5) is 17.1 Å². The van der Waals surface area contributed by atoms with Crippen LogP contribution >= 0.6 is 0 Å². The molecule has 0 fully saturated rings. The number of hydrogen-bond acceptors (Lipinski definition) is 5. The van der Waals surface area contributed by atoms with E-state index in [9.17, 15) is 13.2 Å². The van der Waals surface area contributed by atoms with E-state index in [1.54, 1.807) is 19.1 Å². The molecular formula is C27H30N4O3S. The molecule has 0 radical (unpaired) electrons. The zero-order chi connectivity index (χ0) is 25.0. The second kappa shape index (κ2) is 10.3. The summed E-state index contributed by atoms with van der Waals surface area (Å²) in [5, 5.41) is 6.36. The average molecular weight is 491 g/mol. The zero-order valence-electron chi connectivity index (χ0n) is 20.2. The van der Waals surface area contributed by atoms with Crippen molar-refractivity contribution in [2.45, 2.75) is 6.92 Å². The van der Waals surface area contributed by atoms with Crippen LogP contribution in [0, 0.1) is 0 Å². The highest BCUT2D eigenvalue weighted by molar-refractivity contribution is 7.92. The highest BCUT2D eigenvalue weighted by Gasteiger charge is 2.28. The quantitative estimate of drug-likeness (QED) is 0.436. The summed E-state index contributed by atoms with van der Waals surface area (Å²) in [5.74, 6) is -0.141. The molecular weight excluding hydrogens is 460 g/mol. The smallest absolute Gasteiger partial charge is 0.258 e. The molecule has 3 aromatic carbocycles. The summed E-state index contributed by atoms with van der Waals surface area (Å²) in [6, 6.07) is 24.6. The fourth-order valence-corrected chi connectivity index (χ4v) is 5.09. The van der Waals surface area contributed by atoms with Gasteiger partial charge in [-0.1, -0.05) is 48.5 Å². The van der Waals surface area contributed by atoms with Gasteiger partial charge in [-0.05, 0) is 56.9 Å². The molecule has 0 unspecified atom stereocenters. The number of anilines is 3. The Kier molecular flexibility index (Phi) is 7.23. The second-order valence-corrected chi connectivity index (χ2v) is 10.7. The maximum absolute atomic E-state index is 13.0. The Hall–Kier alpha value is -3.62. The van der Waals surface area contributed by atoms with Gasteiger partial charge in [-0.25, -0.2) is 8.42 Å². The van der Waals surface area contributed by atoms with Gasteiger partial charge in [0.15, 0.2) is 0 Å². The van der Waals surface area contributed by atoms with Gasteiger partial charge in [0.1, 0.15) is 0 Å². The van der Waals surface area contributed by atoms with E-state index < -0.39 is 10.0 Å². The Bertz CT molecular complexity index is 1330. The third-order valence-electron chi connectivity index (χ3n) is 5.86. The summed E-state index contributed by atoms with van der Waals surface area (Å²) in [4.78, 5) is 14.9. The number of nitrogens with one attached hydrogen (secondary N) is 2. The first-order chi connectivity index (χ1) is 16.8. The van der Waals surface area contributed by atoms with Crippen molar-refractivity contribution in [3.05, 3.63) is 90.0 Å². The molecule has 0 aromatic heterocycles. The van der Waals surface area contributed by atoms with Crippen molar-refractivity contribution in [2.75, 3.05) is 47.9 Å². The predicted molar refractivity (Wildman–Crippen MR) is 144 cm³/mol. The zero-order valence-corrected chi connectivity index (χ0v) is 21.0. The first-order valence-electron chi connectivity index (χ1n) is 11.5. The number of sulfonamides is 1. The molecule has 2 N–H and O–H groups in total. The van der Waals surface area contributed by atoms with Gasteiger partial charge in [-0.15, -0.1) is 0 Å². The molecule has 0 bridgehead atoms. The minimum Gasteiger partial charge on any atom is -0.354 e. The number of carbonyl (C=O) groups excluding carboxylic acids is 1. The molecule has 8 heteroatoms. The number of amides is 1. The van der Waals surface area contributed by atoms with Gasteiger partial charge in [-0.3, -0.25) is 9.10 Å². The fraction of sp³-hybridized carbons (Fsp3) is 0.222. The van der Waals surface area contributed by atoms with Crippen LogP contribution in [0.2, 0.25) is 0 Å². The van der Waals surface area contributed by atoms with Gasteiger partial charge in [0.05, 0.1) is 22.7 Å². The Morgan fingerprint density at radius 1 is 0.886 bits per heavy atom. The largest absolute Gasteiger partial charge is 0.354 e. The van der Waals surface area contributed by atoms with Crippen LogP contribution in [-0.2, 0) is 14.8 Å². The summed E-state index contributed by atoms with van der Waals surface area (Å²) in [6.45, 7) is 2.63. The number of carbonyl (C=O) groups is 1. The minimum atomic E-state index is -3.42. The molecule has 0 saturated carbocycles. The van der Waals surface area contributed by atoms with E-state index in [1.165, 1.54) is 4.31 Å². The molecule has 7 nitrogen and oxygen atoms in total. The van der Waals surface area contributed by atoms with Gasteiger partial charge < -0.3 is 15.5 Å². The van der Waals surface area contributed by atoms with Crippen molar-refractivity contribution < 1.29 is 13.2 Å². The van der Waals surface area contributed by atoms with E-state index >= 15 is 0 Å². The number of benzene rings is 3. The molecule has 0 spiro atoms. The van der Waals surface area contributed by atoms with Crippen LogP contribution in [0.3, 0.4) is 0 Å². The van der Waals surface area contributed by atoms with Gasteiger partial charge >= 0.3 is 0 Å². The molecule has 35 heavy (non-hydrogen) atoms. The maximum Gasteiger partial charge on any atom is 0.258 e. The molecule has 182 valence electrons. The van der Waals surface area contributed by atoms with E-state index in [0.29, 0.717) is 30.0 Å². The van der Waals surface area contributed by atoms with Gasteiger partial charge in [0.25, 0.3) is 5.91 Å². The Morgan fingerprint density at radius 3 is 2.20 bits per heavy atom. The number of para-hydroxylation sites is 1. The lowest BCUT2D eigenvalue weighted by Crippen LogP contribution is -2.37. The summed E-state index contributed by atoms with van der Waals surface area (Å²) in [7, 11) is 0.415. The van der Waals surface area contributed by atoms with Gasteiger partial charge in [0, 0.05) is 30.0 Å². The molecule has 1 aliphatic rings. The topological polar surface area (TPSA) is 81.8 Å². The highest BCUT2D eigenvalue weighted by Crippen LogP contribution is 2.37. The Balaban J connectivity index is 1.71. The van der Waals surface area contributed by atoms with Crippen molar-refractivity contribution in [3.8, 4) is 0 Å². The molecule has 0 atom stereocenters. The van der Waals surface area contributed by atoms with Crippen molar-refractivity contribution in [1.29, 1.82) is 0 Å². The highest BCUT2D eigenvalue weighted by atomic mass is 32.2. The number of hydrogen-bond donors (Lipinski definition) is 2. The first-order valence-corrected chi connectivity index (χ1v) is 13.1. The van der Waals surface area contributed by atoms with Crippen LogP contribution in [0.15, 0.2) is 78.9 Å². The number of likely N-dealkylation sites (N-methyl/N-ethyl adjacent to an activating group) is 1. The number of nitrogens with zero attached hydrogens (tertiary/aromatic N) is 2. The first kappa shape index (κ1) is 24.5. The van der Waals surface area contributed by atoms with Gasteiger partial charge in [-0.2, -0.15) is 0 Å². The lowest BCUT2D eigenvalue weighted by atomic mass is 10.00. The third kappa shape index (κ3) is 5.39. The average Bonchev–Trinajstić information content (AvgIpc) is 3.19. The standard InChI is InChI=1S/C27H30N4O3S/c1-4-35(33,34)31(19-18-30(2)3)22-16-14-21(15-17-22)28-26(20-10-6-5-7-11-20)25-23-12-8-9-13-24(23)29-27(25)32/h5-17,28H,4,18-19H2,1-3H3,(H,29,32)/b26-25-. The second-order valence-electron chi connectivity index (χ2n) is 8.56. The summed E-state index contributed by atoms with van der Waals surface area (Å²) in [6.07, 6.45) is 0. The Labute approximate surface area is 207 Å². The van der Waals surface area contributed by atoms with Crippen molar-refractivity contribution in [2.24, 2.45) is 0 Å². The molecule has 0 saturated heterocycles. The van der Waals surface area contributed by atoms with Gasteiger partial charge in [0.2, 0.25) is 10.0 Å². The van der Waals surface area contributed by atoms with E-state index in [0.717, 1.165) is 22.5 Å². The van der Waals surface area contributed by atoms with E-state index in [-0.39, 0.29) is 11.7 Å². The summed E-state index contributed by atoms with van der Waals surface area (Å²) < 4.78 is 26.9. The molecule has 3 aromatic rings. The Morgan fingerprint density at radius 2 is 1.54 bits per heavy atom. The molecule has 1 amide bonds. The summed E-state index contributed by atoms with van der Waals surface area (Å²) >= 11 is 0. The predicted octanol–water partition coefficient (Wildman–Crippen LogP) is 4.34. The van der Waals surface area contributed by atoms with Crippen LogP contribution in [0.1, 0.15) is 18.1 Å². The minimum absolute atomic E-state index is 0.0270. The fourth-order valence-electron chi connectivity index (χ4n) is 3.98. The third-order valence-corrected chi connectivity index (χ3v) is 7.65. The van der Waals surface area contributed by atoms with Crippen molar-refractivity contribution in [3.63, 3.8) is 0 Å². The molecule has 1 heterocycles. The summed E-state index contributed by atoms with van der Waals surface area (Å²) in [5.41, 5.74) is 5.10. The SMILES string of the molecule is CCS(=O)(=O)N(CCN(C)C)c1ccc(N/C(=C2\C(=O)Nc3ccccc32)c2ccccc2)cc1. The lowest BCUT2D eigenvalue weighted by molar-refractivity contribution is -0.110. The maximum atomic E-state index is 13.0. The molecule has 0 aliphatic carbocycles. The van der Waals surface area contributed by atoms with Crippen LogP contribution in [0.5, 0.6) is 0 Å². The van der Waals surface area contributed by atoms with Crippen molar-refractivity contribution >= 4 is 44.3 Å². The monoisotopic (exact) mass is 490 g/mol. The lowest BCUT2D eigenvalue weighted by Gasteiger charge is -2.25. The van der Waals surface area contributed by atoms with E-state index in [4.69, 9.17) is 0 Å². The molecule has 1 aliphatic heterocycles.